The highest BCUT2D eigenvalue weighted by Crippen LogP contribution is 2.36. The monoisotopic (exact) mass is 510 g/mol. The smallest absolute Gasteiger partial charge is 0.206 e. The topological polar surface area (TPSA) is 48.7 Å². The van der Waals surface area contributed by atoms with Crippen molar-refractivity contribution < 1.29 is 22.7 Å². The average Bonchev–Trinajstić information content (AvgIpc) is 3.53. The van der Waals surface area contributed by atoms with E-state index in [2.05, 4.69) is 0 Å². The van der Waals surface area contributed by atoms with Gasteiger partial charge in [-0.15, -0.1) is 0 Å². The van der Waals surface area contributed by atoms with Crippen molar-refractivity contribution in [3.05, 3.63) is 67.1 Å². The van der Waals surface area contributed by atoms with Crippen molar-refractivity contribution in [3.63, 3.8) is 0 Å². The van der Waals surface area contributed by atoms with E-state index >= 15 is 0 Å². The standard InChI is InChI=1S/C22H17F2IO4/c1-27-18-4-2-3-13(21(18)28-11-12-5-6-12)7-8-17-19(25)20(26)15-9-14(23)10-16(24)22(15)29-17/h2-4,7-10,12H,5-6,11H2,1H3/b8-7+. The summed E-state index contributed by atoms with van der Waals surface area (Å²) in [7, 11) is 1.57. The largest absolute Gasteiger partial charge is 0.493 e. The lowest BCUT2D eigenvalue weighted by Gasteiger charge is -2.13. The predicted molar refractivity (Wildman–Crippen MR) is 115 cm³/mol. The molecule has 0 bridgehead atoms. The van der Waals surface area contributed by atoms with Crippen molar-refractivity contribution in [3.8, 4) is 11.5 Å². The second-order valence-electron chi connectivity index (χ2n) is 6.84. The van der Waals surface area contributed by atoms with E-state index in [9.17, 15) is 13.6 Å². The predicted octanol–water partition coefficient (Wildman–Crippen LogP) is 5.64. The molecule has 1 heterocycles. The first-order valence-corrected chi connectivity index (χ1v) is 10.1. The fraction of sp³-hybridized carbons (Fsp3) is 0.227. The van der Waals surface area contributed by atoms with E-state index in [0.717, 1.165) is 24.5 Å². The molecule has 1 aliphatic rings. The molecule has 150 valence electrons. The Morgan fingerprint density at radius 2 is 2.03 bits per heavy atom. The van der Waals surface area contributed by atoms with Crippen molar-refractivity contribution >= 4 is 45.7 Å². The summed E-state index contributed by atoms with van der Waals surface area (Å²) in [5.41, 5.74) is -0.0174. The zero-order chi connectivity index (χ0) is 20.5. The molecule has 0 unspecified atom stereocenters. The van der Waals surface area contributed by atoms with Crippen molar-refractivity contribution in [1.29, 1.82) is 0 Å². The van der Waals surface area contributed by atoms with Crippen molar-refractivity contribution in [2.75, 3.05) is 13.7 Å². The van der Waals surface area contributed by atoms with Crippen molar-refractivity contribution in [1.82, 2.24) is 0 Å². The lowest BCUT2D eigenvalue weighted by Crippen LogP contribution is -2.08. The summed E-state index contributed by atoms with van der Waals surface area (Å²) >= 11 is 1.82. The minimum atomic E-state index is -0.919. The molecule has 0 aliphatic heterocycles. The van der Waals surface area contributed by atoms with Gasteiger partial charge in [0, 0.05) is 11.6 Å². The van der Waals surface area contributed by atoms with Gasteiger partial charge in [-0.2, -0.15) is 0 Å². The van der Waals surface area contributed by atoms with E-state index in [0.29, 0.717) is 30.1 Å². The second-order valence-corrected chi connectivity index (χ2v) is 7.92. The number of fused-ring (bicyclic) bond motifs is 1. The molecular formula is C22H17F2IO4. The molecule has 0 saturated heterocycles. The Morgan fingerprint density at radius 3 is 2.76 bits per heavy atom. The maximum Gasteiger partial charge on any atom is 0.206 e. The molecule has 4 nitrogen and oxygen atoms in total. The third kappa shape index (κ3) is 4.14. The number of hydrogen-bond donors (Lipinski definition) is 0. The zero-order valence-electron chi connectivity index (χ0n) is 15.5. The lowest BCUT2D eigenvalue weighted by atomic mass is 10.1. The van der Waals surface area contributed by atoms with E-state index in [1.54, 1.807) is 19.3 Å². The molecular weight excluding hydrogens is 493 g/mol. The summed E-state index contributed by atoms with van der Waals surface area (Å²) in [6.07, 6.45) is 5.61. The summed E-state index contributed by atoms with van der Waals surface area (Å²) in [4.78, 5) is 12.5. The summed E-state index contributed by atoms with van der Waals surface area (Å²) in [5.74, 6) is 0.214. The Hall–Kier alpha value is -2.42. The number of methoxy groups -OCH3 is 1. The maximum absolute atomic E-state index is 14.1. The Morgan fingerprint density at radius 1 is 1.24 bits per heavy atom. The lowest BCUT2D eigenvalue weighted by molar-refractivity contribution is 0.280. The Labute approximate surface area is 179 Å². The highest BCUT2D eigenvalue weighted by Gasteiger charge is 2.23. The van der Waals surface area contributed by atoms with Gasteiger partial charge in [0.1, 0.15) is 15.1 Å². The van der Waals surface area contributed by atoms with Gasteiger partial charge in [0.25, 0.3) is 0 Å². The fourth-order valence-corrected chi connectivity index (χ4v) is 3.54. The van der Waals surface area contributed by atoms with Crippen LogP contribution in [0.4, 0.5) is 8.78 Å². The molecule has 29 heavy (non-hydrogen) atoms. The van der Waals surface area contributed by atoms with Crippen LogP contribution in [-0.2, 0) is 0 Å². The van der Waals surface area contributed by atoms with E-state index in [-0.39, 0.29) is 20.3 Å². The Bertz CT molecular complexity index is 1170. The van der Waals surface area contributed by atoms with Gasteiger partial charge in [0.15, 0.2) is 22.9 Å². The van der Waals surface area contributed by atoms with Gasteiger partial charge in [0.2, 0.25) is 5.43 Å². The molecule has 4 rings (SSSR count). The van der Waals surface area contributed by atoms with E-state index < -0.39 is 17.1 Å². The summed E-state index contributed by atoms with van der Waals surface area (Å²) in [5, 5.41) is -0.126. The molecule has 1 aromatic heterocycles. The summed E-state index contributed by atoms with van der Waals surface area (Å²) < 4.78 is 44.7. The first kappa shape index (κ1) is 19.9. The van der Waals surface area contributed by atoms with E-state index in [1.165, 1.54) is 0 Å². The van der Waals surface area contributed by atoms with Crippen LogP contribution in [0.1, 0.15) is 24.2 Å². The van der Waals surface area contributed by atoms with Crippen molar-refractivity contribution in [2.45, 2.75) is 12.8 Å². The molecule has 0 spiro atoms. The minimum Gasteiger partial charge on any atom is -0.493 e. The number of rotatable bonds is 6. The molecule has 0 amide bonds. The number of hydrogen-bond acceptors (Lipinski definition) is 4. The van der Waals surface area contributed by atoms with Crippen LogP contribution in [0.5, 0.6) is 11.5 Å². The fourth-order valence-electron chi connectivity index (χ4n) is 2.96. The van der Waals surface area contributed by atoms with Gasteiger partial charge in [-0.25, -0.2) is 8.78 Å². The number of halogens is 3. The van der Waals surface area contributed by atoms with Gasteiger partial charge < -0.3 is 13.9 Å². The SMILES string of the molecule is COc1cccc(/C=C/c2oc3c(F)cc(F)cc3c(=O)c2I)c1OCC1CC1. The van der Waals surface area contributed by atoms with E-state index in [1.807, 2.05) is 40.8 Å². The number of benzene rings is 2. The van der Waals surface area contributed by atoms with Crippen LogP contribution >= 0.6 is 22.6 Å². The molecule has 3 aromatic rings. The second kappa shape index (κ2) is 8.14. The summed E-state index contributed by atoms with van der Waals surface area (Å²) in [6.45, 7) is 0.612. The number of ether oxygens (including phenoxy) is 2. The highest BCUT2D eigenvalue weighted by molar-refractivity contribution is 14.1. The van der Waals surface area contributed by atoms with Crippen LogP contribution < -0.4 is 14.9 Å². The van der Waals surface area contributed by atoms with Gasteiger partial charge in [-0.1, -0.05) is 12.1 Å². The number of para-hydroxylation sites is 1. The third-order valence-corrected chi connectivity index (χ3v) is 5.71. The summed E-state index contributed by atoms with van der Waals surface area (Å²) in [6, 6.07) is 7.16. The first-order chi connectivity index (χ1) is 14.0. The van der Waals surface area contributed by atoms with Crippen LogP contribution in [0.25, 0.3) is 23.1 Å². The van der Waals surface area contributed by atoms with E-state index in [4.69, 9.17) is 13.9 Å². The average molecular weight is 510 g/mol. The van der Waals surface area contributed by atoms with Crippen LogP contribution in [-0.4, -0.2) is 13.7 Å². The molecule has 0 atom stereocenters. The minimum absolute atomic E-state index is 0.126. The molecule has 1 aliphatic carbocycles. The highest BCUT2D eigenvalue weighted by atomic mass is 127. The third-order valence-electron chi connectivity index (χ3n) is 4.68. The zero-order valence-corrected chi connectivity index (χ0v) is 17.7. The van der Waals surface area contributed by atoms with Gasteiger partial charge in [-0.05, 0) is 65.6 Å². The normalized spacial score (nSPS) is 13.9. The Balaban J connectivity index is 1.75. The van der Waals surface area contributed by atoms with Crippen LogP contribution in [0, 0.1) is 21.1 Å². The Kier molecular flexibility index (Phi) is 5.58. The van der Waals surface area contributed by atoms with Gasteiger partial charge in [0.05, 0.1) is 19.1 Å². The molecule has 7 heteroatoms. The molecule has 1 fully saturated rings. The first-order valence-electron chi connectivity index (χ1n) is 9.07. The van der Waals surface area contributed by atoms with Crippen LogP contribution in [0.15, 0.2) is 39.5 Å². The van der Waals surface area contributed by atoms with Gasteiger partial charge >= 0.3 is 0 Å². The quantitative estimate of drug-likeness (QED) is 0.403. The molecule has 2 aromatic carbocycles. The van der Waals surface area contributed by atoms with Crippen molar-refractivity contribution in [2.24, 2.45) is 5.92 Å². The molecule has 1 saturated carbocycles. The van der Waals surface area contributed by atoms with Crippen LogP contribution in [0.3, 0.4) is 0 Å². The molecule has 0 radical (unpaired) electrons. The molecule has 0 N–H and O–H groups in total. The van der Waals surface area contributed by atoms with Gasteiger partial charge in [-0.3, -0.25) is 4.79 Å². The van der Waals surface area contributed by atoms with Crippen LogP contribution in [0.2, 0.25) is 0 Å². The maximum atomic E-state index is 14.1.